The Kier molecular flexibility index (Phi) is 6.26. The Labute approximate surface area is 159 Å². The van der Waals surface area contributed by atoms with E-state index in [1.165, 1.54) is 0 Å². The molecule has 0 fully saturated rings. The smallest absolute Gasteiger partial charge is 1.00 e. The number of nitrogens with one attached hydrogen (secondary N) is 1. The Balaban J connectivity index is 0.00000162. The maximum Gasteiger partial charge on any atom is 1.00 e. The van der Waals surface area contributed by atoms with Crippen molar-refractivity contribution in [2.45, 2.75) is 6.42 Å². The van der Waals surface area contributed by atoms with Gasteiger partial charge in [0.05, 0.1) is 0 Å². The van der Waals surface area contributed by atoms with Crippen molar-refractivity contribution in [3.63, 3.8) is 0 Å². The van der Waals surface area contributed by atoms with Gasteiger partial charge in [-0.25, -0.2) is 4.98 Å². The second-order valence-electron chi connectivity index (χ2n) is 3.62. The van der Waals surface area contributed by atoms with Crippen LogP contribution in [0.5, 0.6) is 0 Å². The summed E-state index contributed by atoms with van der Waals surface area (Å²) in [4.78, 5) is 6.77. The molecule has 0 atom stereocenters. The minimum absolute atomic E-state index is 0. The van der Waals surface area contributed by atoms with Crippen molar-refractivity contribution < 1.29 is 52.8 Å². The summed E-state index contributed by atoms with van der Waals surface area (Å²) in [6, 6.07) is 7.48. The fraction of sp³-hybridized carbons (Fsp3) is 0.0909. The molecule has 2 rings (SSSR count). The number of nitrogens with zero attached hydrogens (tertiary/aromatic N) is 1. The van der Waals surface area contributed by atoms with Gasteiger partial charge in [-0.1, -0.05) is 23.7 Å². The van der Waals surface area contributed by atoms with Crippen LogP contribution in [0.1, 0.15) is 12.6 Å². The Morgan fingerprint density at radius 3 is 2.44 bits per heavy atom. The Morgan fingerprint density at radius 2 is 1.89 bits per heavy atom. The zero-order valence-electron chi connectivity index (χ0n) is 10.9. The monoisotopic (exact) mass is 306 g/mol. The molecule has 0 saturated carbocycles. The number of H-pyrrole nitrogens is 1. The number of halogens is 1. The van der Waals surface area contributed by atoms with Gasteiger partial charge in [-0.3, -0.25) is 0 Å². The summed E-state index contributed by atoms with van der Waals surface area (Å²) < 4.78 is 0.292. The molecule has 0 saturated heterocycles. The van der Waals surface area contributed by atoms with Gasteiger partial charge in [0.1, 0.15) is 11.6 Å². The first-order chi connectivity index (χ1) is 8.06. The van der Waals surface area contributed by atoms with Gasteiger partial charge in [-0.05, 0) is 29.9 Å². The summed E-state index contributed by atoms with van der Waals surface area (Å²) in [6.45, 7) is 0. The molecule has 0 spiro atoms. The second-order valence-corrected chi connectivity index (χ2v) is 4.45. The molecule has 18 heavy (non-hydrogen) atoms. The molecule has 1 aromatic heterocycles. The average molecular weight is 307 g/mol. The van der Waals surface area contributed by atoms with Crippen LogP contribution in [-0.4, -0.2) is 9.97 Å². The summed E-state index contributed by atoms with van der Waals surface area (Å²) in [6.07, 6.45) is 0.591. The van der Waals surface area contributed by atoms with E-state index in [9.17, 15) is 0 Å². The van der Waals surface area contributed by atoms with Crippen molar-refractivity contribution >= 4 is 35.5 Å². The standard InChI is InChI=1S/C11H11ClN4S.K.H/c12-7-3-1-6(2-4-7)5-8-9(13)15-11(17)16-10(8)14;;/h1-4H,5H2,(H5,13,14,15,16,17);;/q;+1;-1. The molecule has 90 valence electrons. The summed E-state index contributed by atoms with van der Waals surface area (Å²) in [5.74, 6) is 0.818. The van der Waals surface area contributed by atoms with Crippen LogP contribution in [0.15, 0.2) is 24.3 Å². The van der Waals surface area contributed by atoms with E-state index >= 15 is 0 Å². The third-order valence-corrected chi connectivity index (χ3v) is 2.84. The van der Waals surface area contributed by atoms with Crippen LogP contribution in [0, 0.1) is 4.77 Å². The number of hydrogen-bond donors (Lipinski definition) is 3. The van der Waals surface area contributed by atoms with Crippen molar-refractivity contribution in [3.8, 4) is 0 Å². The van der Waals surface area contributed by atoms with Gasteiger partial charge < -0.3 is 17.9 Å². The minimum Gasteiger partial charge on any atom is -1.00 e. The minimum atomic E-state index is 0. The molecule has 0 radical (unpaired) electrons. The molecular formula is C11H12ClKN4S. The molecule has 4 nitrogen and oxygen atoms in total. The molecule has 0 unspecified atom stereocenters. The Morgan fingerprint density at radius 1 is 1.28 bits per heavy atom. The van der Waals surface area contributed by atoms with E-state index in [0.29, 0.717) is 27.9 Å². The second kappa shape index (κ2) is 7.00. The molecule has 2 aromatic rings. The third kappa shape index (κ3) is 4.02. The zero-order valence-corrected chi connectivity index (χ0v) is 14.6. The summed E-state index contributed by atoms with van der Waals surface area (Å²) in [7, 11) is 0. The van der Waals surface area contributed by atoms with Gasteiger partial charge in [-0.15, -0.1) is 0 Å². The van der Waals surface area contributed by atoms with Crippen molar-refractivity contribution in [2.75, 3.05) is 11.5 Å². The average Bonchev–Trinajstić information content (AvgIpc) is 2.26. The zero-order chi connectivity index (χ0) is 12.4. The van der Waals surface area contributed by atoms with Crippen LogP contribution in [-0.2, 0) is 6.42 Å². The molecule has 1 heterocycles. The maximum absolute atomic E-state index is 5.83. The van der Waals surface area contributed by atoms with E-state index < -0.39 is 0 Å². The number of benzene rings is 1. The first-order valence-electron chi connectivity index (χ1n) is 4.95. The predicted molar refractivity (Wildman–Crippen MR) is 73.6 cm³/mol. The fourth-order valence-electron chi connectivity index (χ4n) is 1.53. The predicted octanol–water partition coefficient (Wildman–Crippen LogP) is -0.336. The largest absolute Gasteiger partial charge is 1.00 e. The van der Waals surface area contributed by atoms with Crippen molar-refractivity contribution in [2.24, 2.45) is 0 Å². The van der Waals surface area contributed by atoms with Crippen molar-refractivity contribution in [3.05, 3.63) is 45.2 Å². The van der Waals surface area contributed by atoms with Crippen LogP contribution in [0.2, 0.25) is 5.02 Å². The first kappa shape index (κ1) is 16.1. The number of nitrogen functional groups attached to an aromatic ring is 2. The van der Waals surface area contributed by atoms with Crippen LogP contribution in [0.3, 0.4) is 0 Å². The summed E-state index contributed by atoms with van der Waals surface area (Å²) in [5.41, 5.74) is 13.4. The van der Waals surface area contributed by atoms with Crippen LogP contribution in [0.4, 0.5) is 11.6 Å². The quantitative estimate of drug-likeness (QED) is 0.524. The summed E-state index contributed by atoms with van der Waals surface area (Å²) in [5, 5.41) is 0.695. The van der Waals surface area contributed by atoms with E-state index in [2.05, 4.69) is 9.97 Å². The molecule has 7 heteroatoms. The van der Waals surface area contributed by atoms with Gasteiger partial charge in [0.2, 0.25) is 0 Å². The summed E-state index contributed by atoms with van der Waals surface area (Å²) >= 11 is 10.7. The molecular weight excluding hydrogens is 295 g/mol. The maximum atomic E-state index is 5.83. The van der Waals surface area contributed by atoms with Crippen LogP contribution >= 0.6 is 23.8 Å². The number of anilines is 2. The van der Waals surface area contributed by atoms with Gasteiger partial charge in [-0.2, -0.15) is 0 Å². The fourth-order valence-corrected chi connectivity index (χ4v) is 1.86. The molecule has 1 aromatic carbocycles. The van der Waals surface area contributed by atoms with E-state index in [4.69, 9.17) is 35.3 Å². The van der Waals surface area contributed by atoms with E-state index in [1.807, 2.05) is 24.3 Å². The van der Waals surface area contributed by atoms with Crippen LogP contribution < -0.4 is 62.9 Å². The first-order valence-corrected chi connectivity index (χ1v) is 5.73. The third-order valence-electron chi connectivity index (χ3n) is 2.39. The number of nitrogens with two attached hydrogens (primary N) is 2. The molecule has 0 amide bonds. The van der Waals surface area contributed by atoms with Gasteiger partial charge in [0.15, 0.2) is 4.77 Å². The van der Waals surface area contributed by atoms with Crippen molar-refractivity contribution in [1.29, 1.82) is 0 Å². The number of rotatable bonds is 2. The molecule has 0 bridgehead atoms. The molecule has 0 aliphatic heterocycles. The SMILES string of the molecule is Nc1nc(=S)[nH]c(N)c1Cc1ccc(Cl)cc1.[H-].[K+]. The number of aromatic amines is 1. The van der Waals surface area contributed by atoms with E-state index in [-0.39, 0.29) is 52.8 Å². The van der Waals surface area contributed by atoms with Gasteiger partial charge >= 0.3 is 51.4 Å². The molecule has 0 aliphatic carbocycles. The number of hydrogen-bond acceptors (Lipinski definition) is 4. The molecule has 0 aliphatic rings. The Bertz CT molecular complexity index is 576. The number of aromatic nitrogens is 2. The molecule has 5 N–H and O–H groups in total. The van der Waals surface area contributed by atoms with Gasteiger partial charge in [0.25, 0.3) is 0 Å². The van der Waals surface area contributed by atoms with E-state index in [0.717, 1.165) is 11.1 Å². The topological polar surface area (TPSA) is 80.7 Å². The van der Waals surface area contributed by atoms with Crippen LogP contribution in [0.25, 0.3) is 0 Å². The van der Waals surface area contributed by atoms with E-state index in [1.54, 1.807) is 0 Å². The Hall–Kier alpha value is 0.0464. The van der Waals surface area contributed by atoms with Gasteiger partial charge in [0, 0.05) is 17.0 Å². The normalized spacial score (nSPS) is 9.83. The van der Waals surface area contributed by atoms with Crippen molar-refractivity contribution in [1.82, 2.24) is 9.97 Å².